The number of esters is 1. The van der Waals surface area contributed by atoms with Gasteiger partial charge in [-0.1, -0.05) is 12.6 Å². The van der Waals surface area contributed by atoms with Crippen molar-refractivity contribution in [2.45, 2.75) is 19.3 Å². The molecule has 4 aromatic rings. The number of phenolic OH excluding ortho intramolecular Hbond substituents is 2. The second-order valence-corrected chi connectivity index (χ2v) is 9.26. The van der Waals surface area contributed by atoms with Crippen molar-refractivity contribution in [3.05, 3.63) is 82.0 Å². The first kappa shape index (κ1) is 25.7. The van der Waals surface area contributed by atoms with Gasteiger partial charge in [0.1, 0.15) is 34.8 Å². The van der Waals surface area contributed by atoms with E-state index in [9.17, 15) is 19.8 Å². The molecule has 0 fully saturated rings. The van der Waals surface area contributed by atoms with Gasteiger partial charge in [-0.25, -0.2) is 0 Å². The Morgan fingerprint density at radius 1 is 0.974 bits per heavy atom. The summed E-state index contributed by atoms with van der Waals surface area (Å²) in [5.74, 6) is -0.161. The zero-order chi connectivity index (χ0) is 27.8. The first-order chi connectivity index (χ1) is 18.7. The van der Waals surface area contributed by atoms with Crippen LogP contribution in [-0.2, 0) is 4.79 Å². The van der Waals surface area contributed by atoms with Crippen LogP contribution < -0.4 is 24.4 Å². The Morgan fingerprint density at radius 2 is 1.72 bits per heavy atom. The molecule has 1 aliphatic heterocycles. The molecule has 0 saturated carbocycles. The molecule has 3 aromatic carbocycles. The van der Waals surface area contributed by atoms with Gasteiger partial charge in [0, 0.05) is 29.2 Å². The van der Waals surface area contributed by atoms with Crippen LogP contribution in [0.25, 0.3) is 22.3 Å². The van der Waals surface area contributed by atoms with E-state index >= 15 is 0 Å². The van der Waals surface area contributed by atoms with Crippen molar-refractivity contribution in [1.82, 2.24) is 0 Å². The molecule has 0 spiro atoms. The summed E-state index contributed by atoms with van der Waals surface area (Å²) >= 11 is 0. The summed E-state index contributed by atoms with van der Waals surface area (Å²) in [6, 6.07) is 12.3. The highest BCUT2D eigenvalue weighted by Gasteiger charge is 2.34. The predicted molar refractivity (Wildman–Crippen MR) is 143 cm³/mol. The maximum absolute atomic E-state index is 13.2. The first-order valence-electron chi connectivity index (χ1n) is 12.1. The minimum atomic E-state index is -0.587. The third-order valence-electron chi connectivity index (χ3n) is 6.45. The van der Waals surface area contributed by atoms with E-state index in [1.807, 2.05) is 6.92 Å². The van der Waals surface area contributed by atoms with Crippen molar-refractivity contribution in [3.63, 3.8) is 0 Å². The van der Waals surface area contributed by atoms with Crippen LogP contribution in [-0.4, -0.2) is 37.0 Å². The number of carbonyl (C=O) groups is 1. The second kappa shape index (κ2) is 10.1. The molecular formula is C30H26O9. The van der Waals surface area contributed by atoms with Crippen molar-refractivity contribution in [3.8, 4) is 45.8 Å². The smallest absolute Gasteiger partial charge is 0.312 e. The molecule has 9 nitrogen and oxygen atoms in total. The van der Waals surface area contributed by atoms with Gasteiger partial charge in [-0.15, -0.1) is 0 Å². The van der Waals surface area contributed by atoms with Crippen molar-refractivity contribution in [2.24, 2.45) is 0 Å². The lowest BCUT2D eigenvalue weighted by atomic mass is 9.85. The fourth-order valence-electron chi connectivity index (χ4n) is 4.65. The van der Waals surface area contributed by atoms with Crippen molar-refractivity contribution < 1.29 is 38.4 Å². The molecule has 5 rings (SSSR count). The number of rotatable bonds is 7. The van der Waals surface area contributed by atoms with E-state index in [4.69, 9.17) is 23.4 Å². The summed E-state index contributed by atoms with van der Waals surface area (Å²) in [6.45, 7) is 6.00. The molecule has 0 radical (unpaired) electrons. The van der Waals surface area contributed by atoms with Crippen molar-refractivity contribution in [1.29, 1.82) is 0 Å². The summed E-state index contributed by atoms with van der Waals surface area (Å²) in [4.78, 5) is 25.8. The third-order valence-corrected chi connectivity index (χ3v) is 6.45. The number of hydrogen-bond donors (Lipinski definition) is 2. The normalized spacial score (nSPS) is 14.4. The predicted octanol–water partition coefficient (Wildman–Crippen LogP) is 5.28. The van der Waals surface area contributed by atoms with Gasteiger partial charge < -0.3 is 33.6 Å². The van der Waals surface area contributed by atoms with E-state index in [1.54, 1.807) is 30.3 Å². The Labute approximate surface area is 223 Å². The van der Waals surface area contributed by atoms with E-state index in [0.717, 1.165) is 5.57 Å². The maximum atomic E-state index is 13.2. The lowest BCUT2D eigenvalue weighted by Crippen LogP contribution is -2.22. The van der Waals surface area contributed by atoms with E-state index in [0.29, 0.717) is 34.8 Å². The standard InChI is InChI=1S/C30H26O9/c1-15(2)14-37-23-8-5-16(10-25(23)36-4)18-11-27(34)38-26-13-21(33)29-20(32)12-24(39-30(29)28(18)26)17-6-7-22(35-3)19(31)9-17/h5-10,12-13,18,31,33H,1,11,14H2,2-4H3/t18-/m1/s1. The van der Waals surface area contributed by atoms with Crippen LogP contribution in [0.15, 0.2) is 69.9 Å². The minimum absolute atomic E-state index is 0.0424. The number of benzene rings is 3. The number of aromatic hydroxyl groups is 2. The molecule has 0 amide bonds. The number of methoxy groups -OCH3 is 2. The molecule has 0 aliphatic carbocycles. The molecule has 200 valence electrons. The molecule has 2 heterocycles. The highest BCUT2D eigenvalue weighted by atomic mass is 16.5. The Morgan fingerprint density at radius 3 is 2.41 bits per heavy atom. The van der Waals surface area contributed by atoms with Crippen molar-refractivity contribution >= 4 is 16.9 Å². The van der Waals surface area contributed by atoms with Crippen LogP contribution in [0.4, 0.5) is 0 Å². The molecule has 1 atom stereocenters. The molecule has 1 aromatic heterocycles. The first-order valence-corrected chi connectivity index (χ1v) is 12.1. The molecule has 0 bridgehead atoms. The monoisotopic (exact) mass is 530 g/mol. The second-order valence-electron chi connectivity index (χ2n) is 9.26. The number of ether oxygens (including phenoxy) is 4. The van der Waals surface area contributed by atoms with Crippen LogP contribution >= 0.6 is 0 Å². The quantitative estimate of drug-likeness (QED) is 0.186. The summed E-state index contributed by atoms with van der Waals surface area (Å²) in [5.41, 5.74) is 1.94. The Bertz CT molecular complexity index is 1680. The van der Waals surface area contributed by atoms with E-state index in [1.165, 1.54) is 32.4 Å². The maximum Gasteiger partial charge on any atom is 0.312 e. The molecule has 39 heavy (non-hydrogen) atoms. The van der Waals surface area contributed by atoms with Crippen LogP contribution in [0.3, 0.4) is 0 Å². The lowest BCUT2D eigenvalue weighted by molar-refractivity contribution is -0.135. The number of hydrogen-bond acceptors (Lipinski definition) is 9. The summed E-state index contributed by atoms with van der Waals surface area (Å²) < 4.78 is 28.1. The molecule has 1 aliphatic rings. The summed E-state index contributed by atoms with van der Waals surface area (Å²) in [5, 5.41) is 20.9. The molecular weight excluding hydrogens is 504 g/mol. The van der Waals surface area contributed by atoms with E-state index in [2.05, 4.69) is 6.58 Å². The van der Waals surface area contributed by atoms with E-state index in [-0.39, 0.29) is 46.1 Å². The van der Waals surface area contributed by atoms with Gasteiger partial charge in [0.25, 0.3) is 0 Å². The van der Waals surface area contributed by atoms with Gasteiger partial charge in [0.05, 0.1) is 20.6 Å². The van der Waals surface area contributed by atoms with Gasteiger partial charge in [-0.05, 0) is 48.4 Å². The highest BCUT2D eigenvalue weighted by molar-refractivity contribution is 5.93. The van der Waals surface area contributed by atoms with Gasteiger partial charge in [-0.3, -0.25) is 9.59 Å². The average molecular weight is 531 g/mol. The van der Waals surface area contributed by atoms with Crippen LogP contribution in [0.1, 0.15) is 30.4 Å². The number of carbonyl (C=O) groups excluding carboxylic acids is 1. The highest BCUT2D eigenvalue weighted by Crippen LogP contribution is 2.47. The third kappa shape index (κ3) is 4.74. The van der Waals surface area contributed by atoms with Crippen LogP contribution in [0.5, 0.6) is 34.5 Å². The van der Waals surface area contributed by atoms with E-state index < -0.39 is 17.3 Å². The fraction of sp³-hybridized carbons (Fsp3) is 0.200. The molecule has 9 heteroatoms. The molecule has 0 saturated heterocycles. The Hall–Kier alpha value is -4.92. The molecule has 0 unspecified atom stereocenters. The van der Waals surface area contributed by atoms with Crippen molar-refractivity contribution in [2.75, 3.05) is 20.8 Å². The lowest BCUT2D eigenvalue weighted by Gasteiger charge is -2.26. The Kier molecular flexibility index (Phi) is 6.66. The van der Waals surface area contributed by atoms with Crippen LogP contribution in [0.2, 0.25) is 0 Å². The zero-order valence-electron chi connectivity index (χ0n) is 21.6. The van der Waals surface area contributed by atoms with Gasteiger partial charge >= 0.3 is 5.97 Å². The van der Waals surface area contributed by atoms with Gasteiger partial charge in [0.2, 0.25) is 0 Å². The Balaban J connectivity index is 1.71. The molecule has 2 N–H and O–H groups in total. The zero-order valence-corrected chi connectivity index (χ0v) is 21.6. The number of fused-ring (bicyclic) bond motifs is 3. The number of phenols is 2. The SMILES string of the molecule is C=C(C)COc1ccc([C@H]2CC(=O)Oc3cc(O)c4c(=O)cc(-c5ccc(OC)c(O)c5)oc4c32)cc1OC. The van der Waals surface area contributed by atoms with Crippen LogP contribution in [0, 0.1) is 0 Å². The average Bonchev–Trinajstić information content (AvgIpc) is 2.90. The van der Waals surface area contributed by atoms with Gasteiger partial charge in [0.15, 0.2) is 28.4 Å². The largest absolute Gasteiger partial charge is 0.507 e. The fourth-order valence-corrected chi connectivity index (χ4v) is 4.65. The topological polar surface area (TPSA) is 125 Å². The summed E-state index contributed by atoms with van der Waals surface area (Å²) in [6.07, 6.45) is -0.0424. The van der Waals surface area contributed by atoms with Gasteiger partial charge in [-0.2, -0.15) is 0 Å². The summed E-state index contributed by atoms with van der Waals surface area (Å²) in [7, 11) is 2.94. The minimum Gasteiger partial charge on any atom is -0.507 e.